The standard InChI is InChI=1S/C20H28N2O6/c1-19(2,3)15(23)16(24)21-12-14(17(25)28-20(4,5)6)22-18(26)27-13-10-8-7-9-11-13/h7-11,14H,12H2,1-6H3,(H,21,24)(H,22,26). The molecule has 8 heteroatoms. The summed E-state index contributed by atoms with van der Waals surface area (Å²) in [7, 11) is 0. The minimum Gasteiger partial charge on any atom is -0.458 e. The largest absolute Gasteiger partial charge is 0.458 e. The van der Waals surface area contributed by atoms with Crippen LogP contribution in [0.4, 0.5) is 4.79 Å². The van der Waals surface area contributed by atoms with E-state index in [0.29, 0.717) is 0 Å². The van der Waals surface area contributed by atoms with Crippen molar-refractivity contribution in [3.63, 3.8) is 0 Å². The summed E-state index contributed by atoms with van der Waals surface area (Å²) in [5.74, 6) is -1.96. The molecule has 2 N–H and O–H groups in total. The average molecular weight is 392 g/mol. The van der Waals surface area contributed by atoms with Gasteiger partial charge in [-0.25, -0.2) is 9.59 Å². The predicted molar refractivity (Wildman–Crippen MR) is 103 cm³/mol. The van der Waals surface area contributed by atoms with Gasteiger partial charge in [0.25, 0.3) is 5.91 Å². The van der Waals surface area contributed by atoms with E-state index in [2.05, 4.69) is 10.6 Å². The third-order valence-electron chi connectivity index (χ3n) is 3.29. The zero-order chi connectivity index (χ0) is 21.5. The van der Waals surface area contributed by atoms with Crippen LogP contribution in [0.15, 0.2) is 30.3 Å². The van der Waals surface area contributed by atoms with Crippen LogP contribution in [0.1, 0.15) is 41.5 Å². The van der Waals surface area contributed by atoms with Crippen LogP contribution in [-0.4, -0.2) is 41.9 Å². The summed E-state index contributed by atoms with van der Waals surface area (Å²) in [5, 5.41) is 4.72. The fourth-order valence-corrected chi connectivity index (χ4v) is 1.95. The Morgan fingerprint density at radius 3 is 2.04 bits per heavy atom. The van der Waals surface area contributed by atoms with Crippen LogP contribution in [0.2, 0.25) is 0 Å². The molecular weight excluding hydrogens is 364 g/mol. The fraction of sp³-hybridized carbons (Fsp3) is 0.500. The highest BCUT2D eigenvalue weighted by atomic mass is 16.6. The molecule has 2 amide bonds. The second-order valence-electron chi connectivity index (χ2n) is 8.22. The van der Waals surface area contributed by atoms with Crippen molar-refractivity contribution in [2.45, 2.75) is 53.2 Å². The summed E-state index contributed by atoms with van der Waals surface area (Å²) in [6.45, 7) is 9.52. The lowest BCUT2D eigenvalue weighted by Gasteiger charge is -2.25. The minimum absolute atomic E-state index is 0.287. The Labute approximate surface area is 165 Å². The lowest BCUT2D eigenvalue weighted by molar-refractivity contribution is -0.157. The summed E-state index contributed by atoms with van der Waals surface area (Å²) in [6.07, 6.45) is -0.890. The predicted octanol–water partition coefficient (Wildman–Crippen LogP) is 2.22. The Kier molecular flexibility index (Phi) is 7.72. The van der Waals surface area contributed by atoms with Crippen molar-refractivity contribution < 1.29 is 28.7 Å². The molecule has 154 valence electrons. The Hall–Kier alpha value is -2.90. The number of rotatable bonds is 6. The second-order valence-corrected chi connectivity index (χ2v) is 8.22. The molecule has 0 heterocycles. The lowest BCUT2D eigenvalue weighted by atomic mass is 9.90. The molecule has 1 atom stereocenters. The van der Waals surface area contributed by atoms with Crippen LogP contribution in [0.25, 0.3) is 0 Å². The van der Waals surface area contributed by atoms with Crippen molar-refractivity contribution in [3.05, 3.63) is 30.3 Å². The van der Waals surface area contributed by atoms with Crippen LogP contribution in [-0.2, 0) is 19.1 Å². The molecule has 28 heavy (non-hydrogen) atoms. The number of Topliss-reactive ketones (excluding diaryl/α,β-unsaturated/α-hetero) is 1. The molecule has 0 aliphatic heterocycles. The van der Waals surface area contributed by atoms with Gasteiger partial charge in [0.2, 0.25) is 5.78 Å². The van der Waals surface area contributed by atoms with Crippen LogP contribution in [0.5, 0.6) is 5.75 Å². The maximum Gasteiger partial charge on any atom is 0.413 e. The molecule has 0 saturated heterocycles. The molecule has 0 radical (unpaired) electrons. The van der Waals surface area contributed by atoms with Crippen molar-refractivity contribution in [1.82, 2.24) is 10.6 Å². The Morgan fingerprint density at radius 2 is 1.54 bits per heavy atom. The zero-order valence-corrected chi connectivity index (χ0v) is 17.1. The number of amides is 2. The first-order valence-electron chi connectivity index (χ1n) is 8.88. The summed E-state index contributed by atoms with van der Waals surface area (Å²) < 4.78 is 10.4. The molecule has 0 aromatic heterocycles. The molecule has 1 aromatic rings. The van der Waals surface area contributed by atoms with Gasteiger partial charge in [0.05, 0.1) is 0 Å². The Morgan fingerprint density at radius 1 is 0.964 bits per heavy atom. The third kappa shape index (κ3) is 8.20. The first-order valence-corrected chi connectivity index (χ1v) is 8.88. The quantitative estimate of drug-likeness (QED) is 0.567. The first-order chi connectivity index (χ1) is 12.8. The molecule has 0 aliphatic rings. The number of para-hydroxylation sites is 1. The summed E-state index contributed by atoms with van der Waals surface area (Å²) in [5.41, 5.74) is -1.67. The van der Waals surface area contributed by atoms with Crippen LogP contribution in [0.3, 0.4) is 0 Å². The number of nitrogens with one attached hydrogen (secondary N) is 2. The van der Waals surface area contributed by atoms with Crippen molar-refractivity contribution in [2.24, 2.45) is 5.41 Å². The van der Waals surface area contributed by atoms with Crippen molar-refractivity contribution in [1.29, 1.82) is 0 Å². The lowest BCUT2D eigenvalue weighted by Crippen LogP contribution is -2.52. The summed E-state index contributed by atoms with van der Waals surface area (Å²) in [4.78, 5) is 48.5. The maximum absolute atomic E-state index is 12.4. The molecule has 1 rings (SSSR count). The molecule has 1 unspecified atom stereocenters. The molecule has 0 fully saturated rings. The minimum atomic E-state index is -1.23. The van der Waals surface area contributed by atoms with Gasteiger partial charge in [0.15, 0.2) is 0 Å². The Balaban J connectivity index is 2.81. The van der Waals surface area contributed by atoms with Gasteiger partial charge < -0.3 is 20.1 Å². The molecule has 1 aromatic carbocycles. The van der Waals surface area contributed by atoms with E-state index in [4.69, 9.17) is 9.47 Å². The highest BCUT2D eigenvalue weighted by Gasteiger charge is 2.31. The van der Waals surface area contributed by atoms with Gasteiger partial charge in [-0.2, -0.15) is 0 Å². The van der Waals surface area contributed by atoms with E-state index >= 15 is 0 Å². The van der Waals surface area contributed by atoms with Crippen molar-refractivity contribution >= 4 is 23.8 Å². The second kappa shape index (κ2) is 9.34. The smallest absolute Gasteiger partial charge is 0.413 e. The number of ether oxygens (including phenoxy) is 2. The number of carbonyl (C=O) groups is 4. The number of carbonyl (C=O) groups excluding carboxylic acids is 4. The first kappa shape index (κ1) is 23.1. The SMILES string of the molecule is CC(C)(C)OC(=O)C(CNC(=O)C(=O)C(C)(C)C)NC(=O)Oc1ccccc1. The van der Waals surface area contributed by atoms with Crippen molar-refractivity contribution in [2.75, 3.05) is 6.54 Å². The highest BCUT2D eigenvalue weighted by Crippen LogP contribution is 2.14. The zero-order valence-electron chi connectivity index (χ0n) is 17.1. The average Bonchev–Trinajstić information content (AvgIpc) is 2.56. The number of esters is 1. The topological polar surface area (TPSA) is 111 Å². The van der Waals surface area contributed by atoms with Crippen LogP contribution < -0.4 is 15.4 Å². The van der Waals surface area contributed by atoms with E-state index in [1.807, 2.05) is 0 Å². The van der Waals surface area contributed by atoms with Crippen molar-refractivity contribution in [3.8, 4) is 5.75 Å². The monoisotopic (exact) mass is 392 g/mol. The van der Waals surface area contributed by atoms with Gasteiger partial charge in [0.1, 0.15) is 17.4 Å². The number of hydrogen-bond donors (Lipinski definition) is 2. The van der Waals surface area contributed by atoms with E-state index < -0.39 is 40.8 Å². The number of hydrogen-bond acceptors (Lipinski definition) is 6. The number of ketones is 1. The molecule has 0 aliphatic carbocycles. The molecular formula is C20H28N2O6. The maximum atomic E-state index is 12.4. The van der Waals surface area contributed by atoms with Gasteiger partial charge in [-0.05, 0) is 32.9 Å². The molecule has 8 nitrogen and oxygen atoms in total. The van der Waals surface area contributed by atoms with E-state index in [1.54, 1.807) is 71.9 Å². The Bertz CT molecular complexity index is 716. The molecule has 0 saturated carbocycles. The van der Waals surface area contributed by atoms with Crippen LogP contribution >= 0.6 is 0 Å². The third-order valence-corrected chi connectivity index (χ3v) is 3.29. The van der Waals surface area contributed by atoms with Gasteiger partial charge in [-0.1, -0.05) is 39.0 Å². The van der Waals surface area contributed by atoms with Gasteiger partial charge in [0, 0.05) is 12.0 Å². The van der Waals surface area contributed by atoms with E-state index in [1.165, 1.54) is 0 Å². The van der Waals surface area contributed by atoms with Gasteiger partial charge in [-0.3, -0.25) is 9.59 Å². The fourth-order valence-electron chi connectivity index (χ4n) is 1.95. The number of benzene rings is 1. The normalized spacial score (nSPS) is 12.5. The van der Waals surface area contributed by atoms with Gasteiger partial charge >= 0.3 is 12.1 Å². The van der Waals surface area contributed by atoms with Gasteiger partial charge in [-0.15, -0.1) is 0 Å². The van der Waals surface area contributed by atoms with E-state index in [9.17, 15) is 19.2 Å². The summed E-state index contributed by atoms with van der Waals surface area (Å²) >= 11 is 0. The highest BCUT2D eigenvalue weighted by molar-refractivity contribution is 6.37. The molecule has 0 bridgehead atoms. The van der Waals surface area contributed by atoms with E-state index in [-0.39, 0.29) is 12.3 Å². The van der Waals surface area contributed by atoms with Crippen LogP contribution in [0, 0.1) is 5.41 Å². The summed E-state index contributed by atoms with van der Waals surface area (Å²) in [6, 6.07) is 7.05. The van der Waals surface area contributed by atoms with E-state index in [0.717, 1.165) is 0 Å². The molecule has 0 spiro atoms.